The molecule has 1 aromatic carbocycles. The fourth-order valence-electron chi connectivity index (χ4n) is 3.40. The summed E-state index contributed by atoms with van der Waals surface area (Å²) in [6, 6.07) is 8.24. The van der Waals surface area contributed by atoms with Crippen LogP contribution < -0.4 is 5.32 Å². The van der Waals surface area contributed by atoms with Crippen LogP contribution in [0.15, 0.2) is 49.3 Å². The number of hydrogen-bond donors (Lipinski definition) is 1. The molecule has 0 atom stereocenters. The van der Waals surface area contributed by atoms with Crippen LogP contribution in [0, 0.1) is 13.8 Å². The molecule has 0 aliphatic heterocycles. The van der Waals surface area contributed by atoms with E-state index in [-0.39, 0.29) is 5.91 Å². The molecule has 0 spiro atoms. The summed E-state index contributed by atoms with van der Waals surface area (Å²) < 4.78 is 3.73. The first-order chi connectivity index (χ1) is 14.1. The zero-order chi connectivity index (χ0) is 20.2. The van der Waals surface area contributed by atoms with Gasteiger partial charge in [0.25, 0.3) is 5.78 Å². The van der Waals surface area contributed by atoms with Gasteiger partial charge in [-0.15, -0.1) is 0 Å². The normalized spacial score (nSPS) is 11.1. The zero-order valence-electron chi connectivity index (χ0n) is 16.5. The fourth-order valence-corrected chi connectivity index (χ4v) is 3.40. The molecular formula is C21H23N7O. The number of imidazole rings is 1. The molecule has 0 unspecified atom stereocenters. The summed E-state index contributed by atoms with van der Waals surface area (Å²) >= 11 is 0. The van der Waals surface area contributed by atoms with E-state index in [2.05, 4.69) is 37.5 Å². The van der Waals surface area contributed by atoms with Crippen molar-refractivity contribution in [1.29, 1.82) is 0 Å². The third-order valence-electron chi connectivity index (χ3n) is 5.03. The maximum absolute atomic E-state index is 12.3. The van der Waals surface area contributed by atoms with Crippen molar-refractivity contribution in [3.05, 3.63) is 77.4 Å². The van der Waals surface area contributed by atoms with Crippen LogP contribution in [0.5, 0.6) is 0 Å². The Morgan fingerprint density at radius 3 is 2.69 bits per heavy atom. The number of aromatic nitrogens is 6. The Bertz CT molecular complexity index is 1110. The Morgan fingerprint density at radius 2 is 1.93 bits per heavy atom. The summed E-state index contributed by atoms with van der Waals surface area (Å²) in [6.45, 7) is 5.23. The number of hydrogen-bond acceptors (Lipinski definition) is 5. The topological polar surface area (TPSA) is 90.0 Å². The quantitative estimate of drug-likeness (QED) is 0.523. The second-order valence-corrected chi connectivity index (χ2v) is 7.06. The minimum absolute atomic E-state index is 0.0185. The number of amides is 1. The second kappa shape index (κ2) is 8.22. The molecule has 0 radical (unpaired) electrons. The van der Waals surface area contributed by atoms with Gasteiger partial charge in [0.15, 0.2) is 0 Å². The number of benzene rings is 1. The lowest BCUT2D eigenvalue weighted by Crippen LogP contribution is -2.23. The highest BCUT2D eigenvalue weighted by Crippen LogP contribution is 2.15. The van der Waals surface area contributed by atoms with E-state index in [0.29, 0.717) is 25.2 Å². The SMILES string of the molecule is Cc1nc2ncnn2c(C)c1CCC(=O)NCc1ccc(Cn2ccnc2)cc1. The number of carbonyl (C=O) groups is 1. The van der Waals surface area contributed by atoms with Crippen molar-refractivity contribution in [2.75, 3.05) is 0 Å². The molecule has 0 aliphatic rings. The van der Waals surface area contributed by atoms with Crippen molar-refractivity contribution in [3.63, 3.8) is 0 Å². The van der Waals surface area contributed by atoms with Crippen LogP contribution in [0.25, 0.3) is 5.78 Å². The van der Waals surface area contributed by atoms with Gasteiger partial charge < -0.3 is 9.88 Å². The molecule has 0 saturated heterocycles. The van der Waals surface area contributed by atoms with Crippen LogP contribution in [0.2, 0.25) is 0 Å². The molecule has 4 rings (SSSR count). The van der Waals surface area contributed by atoms with Crippen LogP contribution in [0.1, 0.15) is 34.5 Å². The van der Waals surface area contributed by atoms with E-state index in [1.165, 1.54) is 11.9 Å². The lowest BCUT2D eigenvalue weighted by atomic mass is 10.1. The van der Waals surface area contributed by atoms with E-state index in [1.54, 1.807) is 17.0 Å². The van der Waals surface area contributed by atoms with E-state index < -0.39 is 0 Å². The summed E-state index contributed by atoms with van der Waals surface area (Å²) in [6.07, 6.45) is 8.03. The van der Waals surface area contributed by atoms with Gasteiger partial charge in [0, 0.05) is 43.3 Å². The first-order valence-electron chi connectivity index (χ1n) is 9.56. The molecule has 148 valence electrons. The Kier molecular flexibility index (Phi) is 5.33. The molecule has 29 heavy (non-hydrogen) atoms. The lowest BCUT2D eigenvalue weighted by Gasteiger charge is -2.11. The van der Waals surface area contributed by atoms with E-state index >= 15 is 0 Å². The average Bonchev–Trinajstić information content (AvgIpc) is 3.39. The second-order valence-electron chi connectivity index (χ2n) is 7.06. The van der Waals surface area contributed by atoms with Crippen molar-refractivity contribution in [2.45, 2.75) is 39.8 Å². The highest BCUT2D eigenvalue weighted by molar-refractivity contribution is 5.76. The van der Waals surface area contributed by atoms with Crippen LogP contribution >= 0.6 is 0 Å². The summed E-state index contributed by atoms with van der Waals surface area (Å²) in [7, 11) is 0. The van der Waals surface area contributed by atoms with E-state index in [9.17, 15) is 4.79 Å². The van der Waals surface area contributed by atoms with Crippen molar-refractivity contribution in [1.82, 2.24) is 34.4 Å². The summed E-state index contributed by atoms with van der Waals surface area (Å²) in [5.41, 5.74) is 5.18. The van der Waals surface area contributed by atoms with Crippen LogP contribution in [0.4, 0.5) is 0 Å². The van der Waals surface area contributed by atoms with Gasteiger partial charge in [-0.2, -0.15) is 10.1 Å². The van der Waals surface area contributed by atoms with E-state index in [0.717, 1.165) is 29.1 Å². The van der Waals surface area contributed by atoms with Crippen LogP contribution in [-0.4, -0.2) is 35.0 Å². The molecule has 0 saturated carbocycles. The van der Waals surface area contributed by atoms with Gasteiger partial charge in [-0.05, 0) is 37.0 Å². The maximum Gasteiger partial charge on any atom is 0.252 e. The van der Waals surface area contributed by atoms with Gasteiger partial charge in [0.05, 0.1) is 6.33 Å². The Labute approximate surface area is 168 Å². The highest BCUT2D eigenvalue weighted by atomic mass is 16.1. The van der Waals surface area contributed by atoms with Crippen molar-refractivity contribution in [3.8, 4) is 0 Å². The monoisotopic (exact) mass is 389 g/mol. The van der Waals surface area contributed by atoms with Gasteiger partial charge in [0.1, 0.15) is 6.33 Å². The number of fused-ring (bicyclic) bond motifs is 1. The molecule has 4 aromatic rings. The number of nitrogens with zero attached hydrogens (tertiary/aromatic N) is 6. The molecule has 0 fully saturated rings. The van der Waals surface area contributed by atoms with E-state index in [4.69, 9.17) is 0 Å². The first-order valence-corrected chi connectivity index (χ1v) is 9.56. The minimum atomic E-state index is 0.0185. The lowest BCUT2D eigenvalue weighted by molar-refractivity contribution is -0.121. The van der Waals surface area contributed by atoms with Gasteiger partial charge >= 0.3 is 0 Å². The maximum atomic E-state index is 12.3. The molecule has 0 bridgehead atoms. The third kappa shape index (κ3) is 4.31. The zero-order valence-corrected chi connectivity index (χ0v) is 16.5. The number of nitrogens with one attached hydrogen (secondary N) is 1. The third-order valence-corrected chi connectivity index (χ3v) is 5.03. The van der Waals surface area contributed by atoms with Crippen LogP contribution in [-0.2, 0) is 24.3 Å². The largest absolute Gasteiger partial charge is 0.352 e. The highest BCUT2D eigenvalue weighted by Gasteiger charge is 2.12. The number of rotatable bonds is 7. The predicted molar refractivity (Wildman–Crippen MR) is 108 cm³/mol. The smallest absolute Gasteiger partial charge is 0.252 e. The van der Waals surface area contributed by atoms with Crippen LogP contribution in [0.3, 0.4) is 0 Å². The number of aryl methyl sites for hydroxylation is 2. The Morgan fingerprint density at radius 1 is 1.14 bits per heavy atom. The van der Waals surface area contributed by atoms with Gasteiger partial charge in [-0.3, -0.25) is 4.79 Å². The molecule has 1 N–H and O–H groups in total. The molecule has 0 aliphatic carbocycles. The summed E-state index contributed by atoms with van der Waals surface area (Å²) in [4.78, 5) is 25.0. The minimum Gasteiger partial charge on any atom is -0.352 e. The predicted octanol–water partition coefficient (Wildman–Crippen LogP) is 2.23. The molecule has 8 nitrogen and oxygen atoms in total. The van der Waals surface area contributed by atoms with Gasteiger partial charge in [0.2, 0.25) is 5.91 Å². The molecule has 1 amide bonds. The molecule has 3 aromatic heterocycles. The molecule has 3 heterocycles. The summed E-state index contributed by atoms with van der Waals surface area (Å²) in [5.74, 6) is 0.606. The van der Waals surface area contributed by atoms with E-state index in [1.807, 2.05) is 36.7 Å². The number of carbonyl (C=O) groups excluding carboxylic acids is 1. The van der Waals surface area contributed by atoms with Gasteiger partial charge in [-0.25, -0.2) is 14.5 Å². The van der Waals surface area contributed by atoms with Crippen molar-refractivity contribution in [2.24, 2.45) is 0 Å². The Balaban J connectivity index is 1.30. The summed E-state index contributed by atoms with van der Waals surface area (Å²) in [5, 5.41) is 7.19. The van der Waals surface area contributed by atoms with Gasteiger partial charge in [-0.1, -0.05) is 24.3 Å². The first kappa shape index (κ1) is 18.8. The van der Waals surface area contributed by atoms with Crippen molar-refractivity contribution < 1.29 is 4.79 Å². The molecule has 8 heteroatoms. The fraction of sp³-hybridized carbons (Fsp3) is 0.286. The average molecular weight is 389 g/mol. The Hall–Kier alpha value is -3.55. The molecular weight excluding hydrogens is 366 g/mol. The standard InChI is InChI=1S/C21H23N7O/c1-15-19(16(2)28-21(26-15)24-13-25-28)7-8-20(29)23-11-17-3-5-18(6-4-17)12-27-10-9-22-14-27/h3-6,9-10,13-14H,7-8,11-12H2,1-2H3,(H,23,29). The van der Waals surface area contributed by atoms with Crippen molar-refractivity contribution >= 4 is 11.7 Å².